The summed E-state index contributed by atoms with van der Waals surface area (Å²) in [5.74, 6) is 0.531. The van der Waals surface area contributed by atoms with Gasteiger partial charge >= 0.3 is 0 Å². The van der Waals surface area contributed by atoms with Crippen LogP contribution in [0.3, 0.4) is 0 Å². The van der Waals surface area contributed by atoms with Crippen LogP contribution in [0.2, 0.25) is 0 Å². The van der Waals surface area contributed by atoms with E-state index in [9.17, 15) is 0 Å². The second-order valence-electron chi connectivity index (χ2n) is 4.07. The van der Waals surface area contributed by atoms with E-state index in [2.05, 4.69) is 53.7 Å². The first-order chi connectivity index (χ1) is 6.86. The fourth-order valence-corrected chi connectivity index (χ4v) is 2.47. The highest BCUT2D eigenvalue weighted by Gasteiger charge is 2.33. The molecule has 0 saturated carbocycles. The zero-order chi connectivity index (χ0) is 9.54. The molecule has 1 saturated heterocycles. The highest BCUT2D eigenvalue weighted by atomic mass is 15.3. The molecule has 2 aliphatic carbocycles. The third kappa shape index (κ3) is 1.01. The molecule has 14 heavy (non-hydrogen) atoms. The monoisotopic (exact) mass is 186 g/mol. The number of hydrogen-bond donors (Lipinski definition) is 1. The molecule has 0 aromatic heterocycles. The molecule has 2 heteroatoms. The molecule has 1 fully saturated rings. The van der Waals surface area contributed by atoms with Crippen LogP contribution in [0.25, 0.3) is 0 Å². The van der Waals surface area contributed by atoms with Crippen molar-refractivity contribution < 1.29 is 0 Å². The topological polar surface area (TPSA) is 15.3 Å². The van der Waals surface area contributed by atoms with E-state index in [1.165, 1.54) is 11.3 Å². The van der Waals surface area contributed by atoms with Gasteiger partial charge < -0.3 is 4.90 Å². The fourth-order valence-electron chi connectivity index (χ4n) is 2.47. The van der Waals surface area contributed by atoms with Crippen LogP contribution in [0, 0.1) is 5.92 Å². The summed E-state index contributed by atoms with van der Waals surface area (Å²) in [6, 6.07) is 0.488. The van der Waals surface area contributed by atoms with E-state index >= 15 is 0 Å². The quantitative estimate of drug-likeness (QED) is 0.615. The van der Waals surface area contributed by atoms with Gasteiger partial charge in [-0.2, -0.15) is 0 Å². The second-order valence-corrected chi connectivity index (χ2v) is 4.07. The lowest BCUT2D eigenvalue weighted by atomic mass is 9.80. The molecule has 0 spiro atoms. The van der Waals surface area contributed by atoms with Gasteiger partial charge in [-0.15, -0.1) is 0 Å². The van der Waals surface area contributed by atoms with Crippen LogP contribution >= 0.6 is 0 Å². The third-order valence-corrected chi connectivity index (χ3v) is 3.20. The molecule has 2 unspecified atom stereocenters. The van der Waals surface area contributed by atoms with Gasteiger partial charge in [-0.25, -0.2) is 0 Å². The summed E-state index contributed by atoms with van der Waals surface area (Å²) < 4.78 is 0. The minimum Gasteiger partial charge on any atom is -0.365 e. The lowest BCUT2D eigenvalue weighted by molar-refractivity contribution is 0.254. The van der Waals surface area contributed by atoms with E-state index < -0.39 is 0 Å². The molecular formula is C12H14N2. The molecule has 2 nitrogen and oxygen atoms in total. The number of allylic oxidation sites excluding steroid dienone is 5. The number of nitrogens with zero attached hydrogens (tertiary/aromatic N) is 1. The predicted molar refractivity (Wildman–Crippen MR) is 57.5 cm³/mol. The van der Waals surface area contributed by atoms with Crippen molar-refractivity contribution in [1.82, 2.24) is 10.2 Å². The molecule has 0 aromatic rings. The van der Waals surface area contributed by atoms with E-state index in [0.717, 1.165) is 6.67 Å². The first-order valence-corrected chi connectivity index (χ1v) is 5.07. The normalized spacial score (nSPS) is 33.6. The molecule has 0 bridgehead atoms. The highest BCUT2D eigenvalue weighted by molar-refractivity contribution is 5.45. The zero-order valence-electron chi connectivity index (χ0n) is 8.27. The average Bonchev–Trinajstić information content (AvgIpc) is 2.24. The van der Waals surface area contributed by atoms with Gasteiger partial charge in [0.2, 0.25) is 0 Å². The standard InChI is InChI=1S/C12H14N2/c1-14-8-13-10-6-2-4-9-5-3-7-11(14)12(9)10/h2-7,10,12-13H,8H2,1H3. The van der Waals surface area contributed by atoms with Crippen molar-refractivity contribution in [3.05, 3.63) is 47.7 Å². The Labute approximate surface area is 84.3 Å². The van der Waals surface area contributed by atoms with Gasteiger partial charge in [-0.1, -0.05) is 30.4 Å². The maximum Gasteiger partial charge on any atom is 0.0680 e. The van der Waals surface area contributed by atoms with Gasteiger partial charge in [0, 0.05) is 24.7 Å². The Morgan fingerprint density at radius 1 is 1.36 bits per heavy atom. The number of hydrogen-bond acceptors (Lipinski definition) is 2. The molecule has 0 amide bonds. The smallest absolute Gasteiger partial charge is 0.0680 e. The van der Waals surface area contributed by atoms with Crippen molar-refractivity contribution >= 4 is 0 Å². The molecular weight excluding hydrogens is 172 g/mol. The third-order valence-electron chi connectivity index (χ3n) is 3.20. The van der Waals surface area contributed by atoms with E-state index in [1.54, 1.807) is 0 Å². The predicted octanol–water partition coefficient (Wildman–Crippen LogP) is 1.41. The molecule has 1 N–H and O–H groups in total. The second kappa shape index (κ2) is 2.85. The molecule has 1 aliphatic heterocycles. The largest absolute Gasteiger partial charge is 0.365 e. The molecule has 0 radical (unpaired) electrons. The van der Waals surface area contributed by atoms with Crippen molar-refractivity contribution in [1.29, 1.82) is 0 Å². The van der Waals surface area contributed by atoms with E-state index in [1.807, 2.05) is 0 Å². The van der Waals surface area contributed by atoms with Crippen molar-refractivity contribution in [2.75, 3.05) is 13.7 Å². The van der Waals surface area contributed by atoms with Crippen LogP contribution in [0.15, 0.2) is 47.7 Å². The van der Waals surface area contributed by atoms with Gasteiger partial charge in [-0.3, -0.25) is 5.32 Å². The van der Waals surface area contributed by atoms with E-state index in [-0.39, 0.29) is 0 Å². The Kier molecular flexibility index (Phi) is 1.64. The van der Waals surface area contributed by atoms with Crippen molar-refractivity contribution in [3.63, 3.8) is 0 Å². The maximum absolute atomic E-state index is 3.52. The maximum atomic E-state index is 3.52. The van der Waals surface area contributed by atoms with Crippen LogP contribution in [0.1, 0.15) is 0 Å². The highest BCUT2D eigenvalue weighted by Crippen LogP contribution is 2.35. The van der Waals surface area contributed by atoms with Crippen LogP contribution in [-0.4, -0.2) is 24.7 Å². The molecule has 1 heterocycles. The number of rotatable bonds is 0. The molecule has 0 aromatic carbocycles. The lowest BCUT2D eigenvalue weighted by Gasteiger charge is -2.42. The van der Waals surface area contributed by atoms with Crippen LogP contribution < -0.4 is 5.32 Å². The van der Waals surface area contributed by atoms with Crippen LogP contribution in [0.4, 0.5) is 0 Å². The molecule has 72 valence electrons. The summed E-state index contributed by atoms with van der Waals surface area (Å²) in [4.78, 5) is 2.29. The Bertz CT molecular complexity index is 374. The first-order valence-electron chi connectivity index (χ1n) is 5.07. The lowest BCUT2D eigenvalue weighted by Crippen LogP contribution is -2.51. The molecule has 2 atom stereocenters. The van der Waals surface area contributed by atoms with Gasteiger partial charge in [0.15, 0.2) is 0 Å². The summed E-state index contributed by atoms with van der Waals surface area (Å²) >= 11 is 0. The fraction of sp³-hybridized carbons (Fsp3) is 0.333. The summed E-state index contributed by atoms with van der Waals surface area (Å²) in [5.41, 5.74) is 2.86. The molecule has 3 rings (SSSR count). The van der Waals surface area contributed by atoms with E-state index in [0.29, 0.717) is 12.0 Å². The Hall–Kier alpha value is -1.28. The number of nitrogens with one attached hydrogen (secondary N) is 1. The van der Waals surface area contributed by atoms with Gasteiger partial charge in [0.1, 0.15) is 0 Å². The van der Waals surface area contributed by atoms with Crippen molar-refractivity contribution in [2.45, 2.75) is 6.04 Å². The van der Waals surface area contributed by atoms with Gasteiger partial charge in [0.25, 0.3) is 0 Å². The summed E-state index contributed by atoms with van der Waals surface area (Å²) in [6.07, 6.45) is 13.2. The first kappa shape index (κ1) is 8.06. The van der Waals surface area contributed by atoms with Crippen molar-refractivity contribution in [2.24, 2.45) is 5.92 Å². The zero-order valence-corrected chi connectivity index (χ0v) is 8.27. The Morgan fingerprint density at radius 2 is 2.29 bits per heavy atom. The van der Waals surface area contributed by atoms with Crippen LogP contribution in [-0.2, 0) is 0 Å². The summed E-state index contributed by atoms with van der Waals surface area (Å²) in [7, 11) is 2.14. The van der Waals surface area contributed by atoms with E-state index in [4.69, 9.17) is 0 Å². The summed E-state index contributed by atoms with van der Waals surface area (Å²) in [6.45, 7) is 0.943. The summed E-state index contributed by atoms with van der Waals surface area (Å²) in [5, 5.41) is 3.52. The Morgan fingerprint density at radius 3 is 3.21 bits per heavy atom. The SMILES string of the molecule is CN1CNC2C=CC=C3C=CC=C1C32. The van der Waals surface area contributed by atoms with Crippen LogP contribution in [0.5, 0.6) is 0 Å². The van der Waals surface area contributed by atoms with Gasteiger partial charge in [-0.05, 0) is 11.6 Å². The minimum atomic E-state index is 0.488. The minimum absolute atomic E-state index is 0.488. The van der Waals surface area contributed by atoms with Crippen molar-refractivity contribution in [3.8, 4) is 0 Å². The Balaban J connectivity index is 2.08. The average molecular weight is 186 g/mol. The van der Waals surface area contributed by atoms with Gasteiger partial charge in [0.05, 0.1) is 6.67 Å². The molecule has 3 aliphatic rings.